The summed E-state index contributed by atoms with van der Waals surface area (Å²) in [6.07, 6.45) is 0.899. The molecule has 0 aliphatic carbocycles. The average Bonchev–Trinajstić information content (AvgIpc) is 2.15. The van der Waals surface area contributed by atoms with E-state index in [9.17, 15) is 17.2 Å². The standard InChI is InChI=1S/C11H12F2O2S/c12-10-5-9(6-11(13)7-10)8-1-3-16(14,15)4-2-8/h5-8H,1-4H2. The minimum atomic E-state index is -2.93. The van der Waals surface area contributed by atoms with Gasteiger partial charge in [0.05, 0.1) is 11.5 Å². The molecule has 0 saturated carbocycles. The van der Waals surface area contributed by atoms with Crippen molar-refractivity contribution in [3.05, 3.63) is 35.4 Å². The van der Waals surface area contributed by atoms with Crippen LogP contribution in [0.2, 0.25) is 0 Å². The van der Waals surface area contributed by atoms with Crippen molar-refractivity contribution in [2.75, 3.05) is 11.5 Å². The highest BCUT2D eigenvalue weighted by Gasteiger charge is 2.25. The second kappa shape index (κ2) is 4.13. The van der Waals surface area contributed by atoms with E-state index in [-0.39, 0.29) is 17.4 Å². The molecule has 5 heteroatoms. The van der Waals surface area contributed by atoms with Crippen molar-refractivity contribution in [2.45, 2.75) is 18.8 Å². The van der Waals surface area contributed by atoms with E-state index >= 15 is 0 Å². The summed E-state index contributed by atoms with van der Waals surface area (Å²) in [4.78, 5) is 0. The largest absolute Gasteiger partial charge is 0.229 e. The SMILES string of the molecule is O=S1(=O)CCC(c2cc(F)cc(F)c2)CC1. The van der Waals surface area contributed by atoms with Crippen LogP contribution >= 0.6 is 0 Å². The number of sulfone groups is 1. The lowest BCUT2D eigenvalue weighted by atomic mass is 9.93. The van der Waals surface area contributed by atoms with Gasteiger partial charge in [0.2, 0.25) is 0 Å². The number of benzene rings is 1. The highest BCUT2D eigenvalue weighted by Crippen LogP contribution is 2.29. The molecule has 0 unspecified atom stereocenters. The van der Waals surface area contributed by atoms with Gasteiger partial charge in [0.15, 0.2) is 0 Å². The summed E-state index contributed by atoms with van der Waals surface area (Å²) in [5.41, 5.74) is 0.562. The first-order valence-corrected chi connectivity index (χ1v) is 6.95. The summed E-state index contributed by atoms with van der Waals surface area (Å²) >= 11 is 0. The first kappa shape index (κ1) is 11.5. The molecule has 0 N–H and O–H groups in total. The second-order valence-corrected chi connectivity index (χ2v) is 6.43. The van der Waals surface area contributed by atoms with Gasteiger partial charge in [0, 0.05) is 6.07 Å². The Labute approximate surface area is 93.2 Å². The molecule has 0 amide bonds. The van der Waals surface area contributed by atoms with Crippen LogP contribution in [0.3, 0.4) is 0 Å². The maximum atomic E-state index is 13.0. The molecule has 2 rings (SSSR count). The third-order valence-electron chi connectivity index (χ3n) is 2.91. The first-order valence-electron chi connectivity index (χ1n) is 5.13. The van der Waals surface area contributed by atoms with Crippen LogP contribution in [0.4, 0.5) is 8.78 Å². The van der Waals surface area contributed by atoms with Crippen molar-refractivity contribution in [1.29, 1.82) is 0 Å². The molecule has 0 spiro atoms. The lowest BCUT2D eigenvalue weighted by Gasteiger charge is -2.22. The van der Waals surface area contributed by atoms with Gasteiger partial charge < -0.3 is 0 Å². The molecular weight excluding hydrogens is 234 g/mol. The van der Waals surface area contributed by atoms with Crippen LogP contribution < -0.4 is 0 Å². The zero-order valence-electron chi connectivity index (χ0n) is 8.62. The molecule has 1 aliphatic heterocycles. The van der Waals surface area contributed by atoms with Crippen LogP contribution in [-0.2, 0) is 9.84 Å². The minimum absolute atomic E-state index is 0.0475. The molecule has 88 valence electrons. The van der Waals surface area contributed by atoms with E-state index in [1.165, 1.54) is 12.1 Å². The lowest BCUT2D eigenvalue weighted by Crippen LogP contribution is -2.22. The van der Waals surface area contributed by atoms with Crippen LogP contribution in [-0.4, -0.2) is 19.9 Å². The quantitative estimate of drug-likeness (QED) is 0.761. The van der Waals surface area contributed by atoms with Crippen LogP contribution in [0, 0.1) is 11.6 Å². The zero-order valence-corrected chi connectivity index (χ0v) is 9.43. The summed E-state index contributed by atoms with van der Waals surface area (Å²) in [6, 6.07) is 3.39. The molecule has 16 heavy (non-hydrogen) atoms. The average molecular weight is 246 g/mol. The van der Waals surface area contributed by atoms with E-state index in [2.05, 4.69) is 0 Å². The molecule has 2 nitrogen and oxygen atoms in total. The number of halogens is 2. The number of hydrogen-bond donors (Lipinski definition) is 0. The van der Waals surface area contributed by atoms with Gasteiger partial charge in [-0.1, -0.05) is 0 Å². The van der Waals surface area contributed by atoms with Crippen molar-refractivity contribution >= 4 is 9.84 Å². The normalized spacial score (nSPS) is 20.9. The van der Waals surface area contributed by atoms with Gasteiger partial charge in [-0.05, 0) is 36.5 Å². The van der Waals surface area contributed by atoms with Gasteiger partial charge in [-0.25, -0.2) is 17.2 Å². The fourth-order valence-corrected chi connectivity index (χ4v) is 3.53. The summed E-state index contributed by atoms with van der Waals surface area (Å²) in [7, 11) is -2.93. The summed E-state index contributed by atoms with van der Waals surface area (Å²) < 4.78 is 48.4. The highest BCUT2D eigenvalue weighted by molar-refractivity contribution is 7.91. The van der Waals surface area contributed by atoms with E-state index in [1.54, 1.807) is 0 Å². The highest BCUT2D eigenvalue weighted by atomic mass is 32.2. The number of rotatable bonds is 1. The molecule has 0 radical (unpaired) electrons. The van der Waals surface area contributed by atoms with Crippen LogP contribution in [0.15, 0.2) is 18.2 Å². The van der Waals surface area contributed by atoms with E-state index in [4.69, 9.17) is 0 Å². The maximum absolute atomic E-state index is 13.0. The molecule has 1 aromatic carbocycles. The third kappa shape index (κ3) is 2.58. The third-order valence-corrected chi connectivity index (χ3v) is 4.63. The van der Waals surface area contributed by atoms with E-state index < -0.39 is 21.5 Å². The van der Waals surface area contributed by atoms with Crippen molar-refractivity contribution < 1.29 is 17.2 Å². The van der Waals surface area contributed by atoms with Crippen molar-refractivity contribution in [1.82, 2.24) is 0 Å². The minimum Gasteiger partial charge on any atom is -0.229 e. The Bertz CT molecular complexity index is 462. The Balaban J connectivity index is 2.20. The summed E-state index contributed by atoms with van der Waals surface area (Å²) in [5.74, 6) is -1.05. The molecule has 0 aromatic heterocycles. The second-order valence-electron chi connectivity index (χ2n) is 4.13. The van der Waals surface area contributed by atoms with Crippen molar-refractivity contribution in [3.8, 4) is 0 Å². The van der Waals surface area contributed by atoms with Crippen molar-refractivity contribution in [3.63, 3.8) is 0 Å². The Morgan fingerprint density at radius 3 is 2.00 bits per heavy atom. The van der Waals surface area contributed by atoms with Gasteiger partial charge in [-0.3, -0.25) is 0 Å². The smallest absolute Gasteiger partial charge is 0.150 e. The molecule has 1 heterocycles. The van der Waals surface area contributed by atoms with Crippen LogP contribution in [0.1, 0.15) is 24.3 Å². The van der Waals surface area contributed by atoms with E-state index in [1.807, 2.05) is 0 Å². The van der Waals surface area contributed by atoms with Crippen molar-refractivity contribution in [2.24, 2.45) is 0 Å². The Hall–Kier alpha value is -0.970. The van der Waals surface area contributed by atoms with Gasteiger partial charge in [-0.2, -0.15) is 0 Å². The predicted molar refractivity (Wildman–Crippen MR) is 57.0 cm³/mol. The van der Waals surface area contributed by atoms with Gasteiger partial charge in [0.1, 0.15) is 21.5 Å². The molecule has 0 atom stereocenters. The summed E-state index contributed by atoms with van der Waals surface area (Å²) in [5, 5.41) is 0. The van der Waals surface area contributed by atoms with Gasteiger partial charge in [-0.15, -0.1) is 0 Å². The molecule has 1 fully saturated rings. The molecule has 1 saturated heterocycles. The van der Waals surface area contributed by atoms with E-state index in [0.717, 1.165) is 6.07 Å². The zero-order chi connectivity index (χ0) is 11.8. The topological polar surface area (TPSA) is 34.1 Å². The Morgan fingerprint density at radius 2 is 1.50 bits per heavy atom. The fourth-order valence-electron chi connectivity index (χ4n) is 2.03. The van der Waals surface area contributed by atoms with Crippen LogP contribution in [0.5, 0.6) is 0 Å². The predicted octanol–water partition coefficient (Wildman–Crippen LogP) is 2.26. The van der Waals surface area contributed by atoms with Gasteiger partial charge in [0.25, 0.3) is 0 Å². The Morgan fingerprint density at radius 1 is 1.00 bits per heavy atom. The van der Waals surface area contributed by atoms with Crippen LogP contribution in [0.25, 0.3) is 0 Å². The summed E-state index contributed by atoms with van der Waals surface area (Å²) in [6.45, 7) is 0. The Kier molecular flexibility index (Phi) is 2.97. The first-order chi connectivity index (χ1) is 7.46. The lowest BCUT2D eigenvalue weighted by molar-refractivity contribution is 0.539. The maximum Gasteiger partial charge on any atom is 0.150 e. The monoisotopic (exact) mass is 246 g/mol. The fraction of sp³-hybridized carbons (Fsp3) is 0.455. The van der Waals surface area contributed by atoms with Gasteiger partial charge >= 0.3 is 0 Å². The molecule has 0 bridgehead atoms. The number of hydrogen-bond acceptors (Lipinski definition) is 2. The molecular formula is C11H12F2O2S. The molecule has 1 aliphatic rings. The molecule has 1 aromatic rings. The van der Waals surface area contributed by atoms with E-state index in [0.29, 0.717) is 18.4 Å².